The second-order valence-electron chi connectivity index (χ2n) is 6.13. The van der Waals surface area contributed by atoms with Crippen molar-refractivity contribution in [3.63, 3.8) is 0 Å². The predicted molar refractivity (Wildman–Crippen MR) is 91.4 cm³/mol. The second-order valence-corrected chi connectivity index (χ2v) is 6.13. The molecular weight excluding hydrogens is 326 g/mol. The van der Waals surface area contributed by atoms with E-state index in [0.717, 1.165) is 36.1 Å². The number of rotatable bonds is 3. The number of aryl methyl sites for hydroxylation is 1. The van der Waals surface area contributed by atoms with E-state index in [4.69, 9.17) is 0 Å². The van der Waals surface area contributed by atoms with Crippen LogP contribution in [0, 0.1) is 11.6 Å². The lowest BCUT2D eigenvalue weighted by atomic mass is 9.82. The van der Waals surface area contributed by atoms with Gasteiger partial charge in [0.1, 0.15) is 0 Å². The topological polar surface area (TPSA) is 58.2 Å². The molecule has 2 aromatic rings. The molecule has 2 N–H and O–H groups in total. The van der Waals surface area contributed by atoms with Gasteiger partial charge in [0.25, 0.3) is 0 Å². The minimum atomic E-state index is -1.09. The Bertz CT molecular complexity index is 836. The summed E-state index contributed by atoms with van der Waals surface area (Å²) in [6.07, 6.45) is 2.48. The summed E-state index contributed by atoms with van der Waals surface area (Å²) < 4.78 is 27.0. The van der Waals surface area contributed by atoms with Crippen molar-refractivity contribution in [1.82, 2.24) is 0 Å². The number of nitrogens with one attached hydrogen (secondary N) is 2. The van der Waals surface area contributed by atoms with Gasteiger partial charge in [-0.25, -0.2) is 8.78 Å². The molecule has 0 aliphatic heterocycles. The van der Waals surface area contributed by atoms with Crippen LogP contribution >= 0.6 is 0 Å². The smallest absolute Gasteiger partial charge is 0.231 e. The highest BCUT2D eigenvalue weighted by Gasteiger charge is 2.27. The molecule has 0 aromatic heterocycles. The average Bonchev–Trinajstić information content (AvgIpc) is 2.58. The SMILES string of the molecule is CC(=O)Nc1cc(F)c(F)cc1NC(=O)[C@H]1CCCc2ccccc21. The number of hydrogen-bond acceptors (Lipinski definition) is 2. The third-order valence-corrected chi connectivity index (χ3v) is 4.31. The van der Waals surface area contributed by atoms with E-state index >= 15 is 0 Å². The van der Waals surface area contributed by atoms with Crippen molar-refractivity contribution in [3.8, 4) is 0 Å². The Morgan fingerprint density at radius 2 is 1.68 bits per heavy atom. The molecule has 0 saturated carbocycles. The van der Waals surface area contributed by atoms with Crippen molar-refractivity contribution in [2.24, 2.45) is 0 Å². The van der Waals surface area contributed by atoms with Gasteiger partial charge in [-0.2, -0.15) is 0 Å². The molecule has 0 fully saturated rings. The van der Waals surface area contributed by atoms with E-state index in [1.54, 1.807) is 0 Å². The van der Waals surface area contributed by atoms with Crippen LogP contribution in [-0.2, 0) is 16.0 Å². The Kier molecular flexibility index (Phi) is 4.79. The van der Waals surface area contributed by atoms with Crippen LogP contribution in [0.25, 0.3) is 0 Å². The Hall–Kier alpha value is -2.76. The number of anilines is 2. The third-order valence-electron chi connectivity index (χ3n) is 4.31. The largest absolute Gasteiger partial charge is 0.324 e. The van der Waals surface area contributed by atoms with Gasteiger partial charge >= 0.3 is 0 Å². The lowest BCUT2D eigenvalue weighted by Crippen LogP contribution is -2.25. The maximum absolute atomic E-state index is 13.6. The van der Waals surface area contributed by atoms with Gasteiger partial charge in [-0.3, -0.25) is 9.59 Å². The standard InChI is InChI=1S/C19H18F2N2O2/c1-11(24)22-17-9-15(20)16(21)10-18(17)23-19(25)14-8-4-6-12-5-2-3-7-13(12)14/h2-3,5,7,9-10,14H,4,6,8H2,1H3,(H,22,24)(H,23,25)/t14-/m0/s1. The number of halogens is 2. The summed E-state index contributed by atoms with van der Waals surface area (Å²) in [5.41, 5.74) is 2.15. The molecule has 0 heterocycles. The zero-order chi connectivity index (χ0) is 18.0. The molecule has 25 heavy (non-hydrogen) atoms. The highest BCUT2D eigenvalue weighted by Crippen LogP contribution is 2.33. The van der Waals surface area contributed by atoms with Crippen LogP contribution in [0.2, 0.25) is 0 Å². The molecule has 130 valence electrons. The van der Waals surface area contributed by atoms with Gasteiger partial charge in [0.2, 0.25) is 11.8 Å². The normalized spacial score (nSPS) is 16.0. The highest BCUT2D eigenvalue weighted by molar-refractivity contribution is 6.01. The summed E-state index contributed by atoms with van der Waals surface area (Å²) in [6.45, 7) is 1.25. The molecule has 2 aromatic carbocycles. The molecule has 0 spiro atoms. The first-order valence-electron chi connectivity index (χ1n) is 8.11. The number of carbonyl (C=O) groups excluding carboxylic acids is 2. The van der Waals surface area contributed by atoms with E-state index < -0.39 is 17.5 Å². The van der Waals surface area contributed by atoms with E-state index in [2.05, 4.69) is 10.6 Å². The van der Waals surface area contributed by atoms with Crippen molar-refractivity contribution in [3.05, 3.63) is 59.2 Å². The molecule has 4 nitrogen and oxygen atoms in total. The average molecular weight is 344 g/mol. The number of amides is 2. The lowest BCUT2D eigenvalue weighted by molar-refractivity contribution is -0.118. The molecule has 1 aliphatic rings. The fraction of sp³-hybridized carbons (Fsp3) is 0.263. The van der Waals surface area contributed by atoms with Crippen LogP contribution in [0.15, 0.2) is 36.4 Å². The van der Waals surface area contributed by atoms with Crippen LogP contribution in [-0.4, -0.2) is 11.8 Å². The van der Waals surface area contributed by atoms with Crippen LogP contribution < -0.4 is 10.6 Å². The maximum Gasteiger partial charge on any atom is 0.231 e. The van der Waals surface area contributed by atoms with Crippen LogP contribution in [0.3, 0.4) is 0 Å². The summed E-state index contributed by atoms with van der Waals surface area (Å²) >= 11 is 0. The van der Waals surface area contributed by atoms with Gasteiger partial charge in [-0.1, -0.05) is 24.3 Å². The van der Waals surface area contributed by atoms with Crippen molar-refractivity contribution in [2.75, 3.05) is 10.6 Å². The summed E-state index contributed by atoms with van der Waals surface area (Å²) in [5, 5.41) is 5.04. The number of hydrogen-bond donors (Lipinski definition) is 2. The zero-order valence-corrected chi connectivity index (χ0v) is 13.7. The molecule has 1 aliphatic carbocycles. The maximum atomic E-state index is 13.6. The van der Waals surface area contributed by atoms with Gasteiger partial charge in [0.05, 0.1) is 17.3 Å². The monoisotopic (exact) mass is 344 g/mol. The minimum absolute atomic E-state index is 0.0313. The molecule has 3 rings (SSSR count). The Morgan fingerprint density at radius 3 is 2.36 bits per heavy atom. The first-order valence-corrected chi connectivity index (χ1v) is 8.11. The number of fused-ring (bicyclic) bond motifs is 1. The number of benzene rings is 2. The molecule has 1 atom stereocenters. The van der Waals surface area contributed by atoms with E-state index in [9.17, 15) is 18.4 Å². The first-order chi connectivity index (χ1) is 12.0. The third kappa shape index (κ3) is 3.68. The molecule has 0 saturated heterocycles. The Morgan fingerprint density at radius 1 is 1.04 bits per heavy atom. The van der Waals surface area contributed by atoms with Crippen LogP contribution in [0.5, 0.6) is 0 Å². The highest BCUT2D eigenvalue weighted by atomic mass is 19.2. The molecule has 6 heteroatoms. The predicted octanol–water partition coefficient (Wildman–Crippen LogP) is 3.98. The van der Waals surface area contributed by atoms with Gasteiger partial charge in [0.15, 0.2) is 11.6 Å². The van der Waals surface area contributed by atoms with E-state index in [1.165, 1.54) is 6.92 Å². The molecule has 0 radical (unpaired) electrons. The van der Waals surface area contributed by atoms with E-state index in [1.807, 2.05) is 24.3 Å². The van der Waals surface area contributed by atoms with Crippen LogP contribution in [0.1, 0.15) is 36.8 Å². The first kappa shape index (κ1) is 17.1. The van der Waals surface area contributed by atoms with Gasteiger partial charge in [-0.15, -0.1) is 0 Å². The summed E-state index contributed by atoms with van der Waals surface area (Å²) in [5.74, 6) is -3.28. The molecule has 2 amide bonds. The van der Waals surface area contributed by atoms with Gasteiger partial charge in [0, 0.05) is 19.1 Å². The quantitative estimate of drug-likeness (QED) is 0.885. The van der Waals surface area contributed by atoms with E-state index in [-0.39, 0.29) is 23.2 Å². The van der Waals surface area contributed by atoms with Crippen molar-refractivity contribution in [1.29, 1.82) is 0 Å². The van der Waals surface area contributed by atoms with Crippen molar-refractivity contribution >= 4 is 23.2 Å². The Labute approximate surface area is 144 Å². The number of carbonyl (C=O) groups is 2. The second kappa shape index (κ2) is 7.01. The molecular formula is C19H18F2N2O2. The fourth-order valence-electron chi connectivity index (χ4n) is 3.19. The van der Waals surface area contributed by atoms with Crippen LogP contribution in [0.4, 0.5) is 20.2 Å². The minimum Gasteiger partial charge on any atom is -0.324 e. The molecule has 0 bridgehead atoms. The fourth-order valence-corrected chi connectivity index (χ4v) is 3.19. The summed E-state index contributed by atoms with van der Waals surface area (Å²) in [4.78, 5) is 24.0. The summed E-state index contributed by atoms with van der Waals surface area (Å²) in [6, 6.07) is 9.47. The van der Waals surface area contributed by atoms with Gasteiger partial charge in [-0.05, 0) is 30.4 Å². The Balaban J connectivity index is 1.89. The van der Waals surface area contributed by atoms with Gasteiger partial charge < -0.3 is 10.6 Å². The van der Waals surface area contributed by atoms with Crippen molar-refractivity contribution in [2.45, 2.75) is 32.1 Å². The van der Waals surface area contributed by atoms with E-state index in [0.29, 0.717) is 6.42 Å². The summed E-state index contributed by atoms with van der Waals surface area (Å²) in [7, 11) is 0. The lowest BCUT2D eigenvalue weighted by Gasteiger charge is -2.25. The zero-order valence-electron chi connectivity index (χ0n) is 13.7. The van der Waals surface area contributed by atoms with Crippen molar-refractivity contribution < 1.29 is 18.4 Å². The molecule has 0 unspecified atom stereocenters.